The number of hydrogen-bond acceptors (Lipinski definition) is 3. The molecular weight excluding hydrogens is 369 g/mol. The van der Waals surface area contributed by atoms with Crippen LogP contribution in [-0.2, 0) is 19.7 Å². The third-order valence-electron chi connectivity index (χ3n) is 5.76. The zero-order valence-corrected chi connectivity index (χ0v) is 17.3. The van der Waals surface area contributed by atoms with Crippen LogP contribution in [0.1, 0.15) is 62.1 Å². The molecule has 2 aromatic carbocycles. The van der Waals surface area contributed by atoms with Gasteiger partial charge in [0.25, 0.3) is 5.91 Å². The number of benzene rings is 2. The highest BCUT2D eigenvalue weighted by Crippen LogP contribution is 2.43. The Bertz CT molecular complexity index is 901. The lowest BCUT2D eigenvalue weighted by Crippen LogP contribution is -2.37. The average Bonchev–Trinajstić information content (AvgIpc) is 3.18. The second-order valence-electron chi connectivity index (χ2n) is 8.09. The Morgan fingerprint density at radius 3 is 2.45 bits per heavy atom. The Hall–Kier alpha value is -2.69. The van der Waals surface area contributed by atoms with Crippen LogP contribution in [-0.4, -0.2) is 18.5 Å². The maximum absolute atomic E-state index is 14.4. The van der Waals surface area contributed by atoms with Crippen molar-refractivity contribution in [2.24, 2.45) is 0 Å². The van der Waals surface area contributed by atoms with Crippen molar-refractivity contribution in [2.45, 2.75) is 57.8 Å². The van der Waals surface area contributed by atoms with Gasteiger partial charge in [-0.3, -0.25) is 9.59 Å². The summed E-state index contributed by atoms with van der Waals surface area (Å²) in [6, 6.07) is 12.2. The molecule has 0 radical (unpaired) electrons. The Kier molecular flexibility index (Phi) is 6.36. The third-order valence-corrected chi connectivity index (χ3v) is 5.76. The monoisotopic (exact) mass is 397 g/mol. The Balaban J connectivity index is 1.72. The summed E-state index contributed by atoms with van der Waals surface area (Å²) in [4.78, 5) is 25.5. The third kappa shape index (κ3) is 4.34. The minimum absolute atomic E-state index is 0.246. The molecule has 0 heterocycles. The van der Waals surface area contributed by atoms with E-state index < -0.39 is 23.1 Å². The molecule has 0 atom stereocenters. The number of carbonyl (C=O) groups is 2. The van der Waals surface area contributed by atoms with Gasteiger partial charge in [0.15, 0.2) is 6.61 Å². The molecule has 1 saturated carbocycles. The van der Waals surface area contributed by atoms with Crippen LogP contribution in [0.3, 0.4) is 0 Å². The maximum atomic E-state index is 14.4. The Labute approximate surface area is 171 Å². The summed E-state index contributed by atoms with van der Waals surface area (Å²) in [5, 5.41) is 2.88. The van der Waals surface area contributed by atoms with E-state index in [1.165, 1.54) is 6.07 Å². The first kappa shape index (κ1) is 21.0. The molecule has 1 amide bonds. The molecule has 0 saturated heterocycles. The number of aryl methyl sites for hydroxylation is 1. The molecule has 1 aliphatic rings. The van der Waals surface area contributed by atoms with Crippen molar-refractivity contribution in [3.63, 3.8) is 0 Å². The van der Waals surface area contributed by atoms with Gasteiger partial charge in [0.05, 0.1) is 5.41 Å². The summed E-state index contributed by atoms with van der Waals surface area (Å²) in [6.07, 6.45) is 2.72. The van der Waals surface area contributed by atoms with E-state index in [0.717, 1.165) is 29.7 Å². The number of para-hydroxylation sites is 1. The van der Waals surface area contributed by atoms with Crippen molar-refractivity contribution in [1.29, 1.82) is 0 Å². The van der Waals surface area contributed by atoms with Crippen LogP contribution in [0, 0.1) is 12.7 Å². The number of amides is 1. The van der Waals surface area contributed by atoms with E-state index in [9.17, 15) is 14.0 Å². The zero-order valence-electron chi connectivity index (χ0n) is 17.3. The first-order valence-electron chi connectivity index (χ1n) is 10.2. The van der Waals surface area contributed by atoms with Crippen LogP contribution in [0.2, 0.25) is 0 Å². The SMILES string of the molecule is Cc1cccc(C(C)C)c1NC(=O)COC(=O)C1(c2ccccc2F)CCCC1. The van der Waals surface area contributed by atoms with Gasteiger partial charge in [0, 0.05) is 11.3 Å². The van der Waals surface area contributed by atoms with Gasteiger partial charge in [-0.15, -0.1) is 0 Å². The number of esters is 1. The standard InChI is InChI=1S/C24H28FNO3/c1-16(2)18-10-8-9-17(3)22(18)26-21(27)15-29-23(28)24(13-6-7-14-24)19-11-4-5-12-20(19)25/h4-5,8-12,16H,6-7,13-15H2,1-3H3,(H,26,27). The van der Waals surface area contributed by atoms with Crippen LogP contribution in [0.25, 0.3) is 0 Å². The van der Waals surface area contributed by atoms with Gasteiger partial charge in [0.2, 0.25) is 0 Å². The van der Waals surface area contributed by atoms with Crippen molar-refractivity contribution < 1.29 is 18.7 Å². The van der Waals surface area contributed by atoms with Crippen molar-refractivity contribution in [3.8, 4) is 0 Å². The van der Waals surface area contributed by atoms with Gasteiger partial charge in [0.1, 0.15) is 5.82 Å². The highest BCUT2D eigenvalue weighted by atomic mass is 19.1. The minimum atomic E-state index is -1.00. The summed E-state index contributed by atoms with van der Waals surface area (Å²) in [5.41, 5.74) is 2.10. The molecule has 154 valence electrons. The summed E-state index contributed by atoms with van der Waals surface area (Å²) < 4.78 is 19.8. The smallest absolute Gasteiger partial charge is 0.317 e. The van der Waals surface area contributed by atoms with Gasteiger partial charge in [-0.05, 0) is 42.9 Å². The van der Waals surface area contributed by atoms with Crippen molar-refractivity contribution in [1.82, 2.24) is 0 Å². The van der Waals surface area contributed by atoms with E-state index in [4.69, 9.17) is 4.74 Å². The van der Waals surface area contributed by atoms with Crippen LogP contribution in [0.15, 0.2) is 42.5 Å². The quantitative estimate of drug-likeness (QED) is 0.677. The molecule has 4 nitrogen and oxygen atoms in total. The normalized spacial score (nSPS) is 15.3. The summed E-state index contributed by atoms with van der Waals surface area (Å²) in [7, 11) is 0. The maximum Gasteiger partial charge on any atom is 0.317 e. The van der Waals surface area contributed by atoms with Gasteiger partial charge in [-0.2, -0.15) is 0 Å². The lowest BCUT2D eigenvalue weighted by atomic mass is 9.78. The molecule has 29 heavy (non-hydrogen) atoms. The van der Waals surface area contributed by atoms with E-state index in [-0.39, 0.29) is 12.5 Å². The molecule has 0 unspecified atom stereocenters. The number of nitrogens with one attached hydrogen (secondary N) is 1. The topological polar surface area (TPSA) is 55.4 Å². The lowest BCUT2D eigenvalue weighted by molar-refractivity contribution is -0.153. The molecule has 1 fully saturated rings. The summed E-state index contributed by atoms with van der Waals surface area (Å²) in [5.74, 6) is -1.08. The van der Waals surface area contributed by atoms with E-state index >= 15 is 0 Å². The molecular formula is C24H28FNO3. The van der Waals surface area contributed by atoms with E-state index in [1.807, 2.05) is 25.1 Å². The molecule has 0 bridgehead atoms. The molecule has 0 aliphatic heterocycles. The average molecular weight is 397 g/mol. The second kappa shape index (κ2) is 8.76. The molecule has 2 aromatic rings. The summed E-state index contributed by atoms with van der Waals surface area (Å²) >= 11 is 0. The second-order valence-corrected chi connectivity index (χ2v) is 8.09. The molecule has 0 aromatic heterocycles. The number of rotatable bonds is 6. The van der Waals surface area contributed by atoms with Gasteiger partial charge in [-0.1, -0.05) is 63.1 Å². The zero-order chi connectivity index (χ0) is 21.0. The van der Waals surface area contributed by atoms with Crippen LogP contribution in [0.4, 0.5) is 10.1 Å². The van der Waals surface area contributed by atoms with Gasteiger partial charge >= 0.3 is 5.97 Å². The number of halogens is 1. The predicted molar refractivity (Wildman–Crippen MR) is 111 cm³/mol. The molecule has 1 N–H and O–H groups in total. The van der Waals surface area contributed by atoms with E-state index in [1.54, 1.807) is 18.2 Å². The lowest BCUT2D eigenvalue weighted by Gasteiger charge is -2.27. The van der Waals surface area contributed by atoms with E-state index in [2.05, 4.69) is 19.2 Å². The number of anilines is 1. The van der Waals surface area contributed by atoms with Crippen LogP contribution in [0.5, 0.6) is 0 Å². The van der Waals surface area contributed by atoms with E-state index in [0.29, 0.717) is 18.4 Å². The summed E-state index contributed by atoms with van der Waals surface area (Å²) in [6.45, 7) is 5.66. The van der Waals surface area contributed by atoms with Gasteiger partial charge in [-0.25, -0.2) is 4.39 Å². The number of carbonyl (C=O) groups excluding carboxylic acids is 2. The largest absolute Gasteiger partial charge is 0.455 e. The Morgan fingerprint density at radius 2 is 1.79 bits per heavy atom. The molecule has 0 spiro atoms. The highest BCUT2D eigenvalue weighted by Gasteiger charge is 2.45. The fourth-order valence-electron chi connectivity index (χ4n) is 4.20. The number of ether oxygens (including phenoxy) is 1. The number of hydrogen-bond donors (Lipinski definition) is 1. The molecule has 3 rings (SSSR count). The van der Waals surface area contributed by atoms with Crippen LogP contribution >= 0.6 is 0 Å². The fourth-order valence-corrected chi connectivity index (χ4v) is 4.20. The first-order chi connectivity index (χ1) is 13.8. The fraction of sp³-hybridized carbons (Fsp3) is 0.417. The highest BCUT2D eigenvalue weighted by molar-refractivity contribution is 5.95. The van der Waals surface area contributed by atoms with Crippen molar-refractivity contribution >= 4 is 17.6 Å². The molecule has 5 heteroatoms. The first-order valence-corrected chi connectivity index (χ1v) is 10.2. The van der Waals surface area contributed by atoms with Crippen LogP contribution < -0.4 is 5.32 Å². The molecule has 1 aliphatic carbocycles. The van der Waals surface area contributed by atoms with Gasteiger partial charge < -0.3 is 10.1 Å². The minimum Gasteiger partial charge on any atom is -0.455 e. The Morgan fingerprint density at radius 1 is 1.10 bits per heavy atom. The van der Waals surface area contributed by atoms with Crippen molar-refractivity contribution in [3.05, 3.63) is 65.0 Å². The van der Waals surface area contributed by atoms with Crippen molar-refractivity contribution in [2.75, 3.05) is 11.9 Å². The predicted octanol–water partition coefficient (Wildman–Crippen LogP) is 5.25.